The number of ether oxygens (including phenoxy) is 2. The van der Waals surface area contributed by atoms with Crippen LogP contribution in [0.2, 0.25) is 0 Å². The topological polar surface area (TPSA) is 108 Å². The van der Waals surface area contributed by atoms with Gasteiger partial charge in [-0.05, 0) is 47.5 Å². The van der Waals surface area contributed by atoms with Crippen LogP contribution in [0.25, 0.3) is 0 Å². The first-order valence-corrected chi connectivity index (χ1v) is 12.6. The van der Waals surface area contributed by atoms with Gasteiger partial charge in [0.2, 0.25) is 10.0 Å². The van der Waals surface area contributed by atoms with Gasteiger partial charge in [0.25, 0.3) is 0 Å². The maximum absolute atomic E-state index is 12.1. The zero-order valence-electron chi connectivity index (χ0n) is 18.9. The molecule has 4 aromatic rings. The Bertz CT molecular complexity index is 1380. The standard InChI is InChI=1S/C26H24N2O6S/c1-35(31,32)28-16-15-27-26(28)24(17-25(29)30)20-9-13-21(14-10-20)33-18-19-7-11-23(12-8-19)34-22-5-3-2-4-6-22/h2-16,24H,17-18H2,1H3,(H,29,30). The first-order valence-electron chi connectivity index (χ1n) is 10.8. The molecule has 0 spiro atoms. The molecule has 1 aromatic heterocycles. The van der Waals surface area contributed by atoms with Crippen molar-refractivity contribution in [3.8, 4) is 17.2 Å². The molecule has 9 heteroatoms. The van der Waals surface area contributed by atoms with Gasteiger partial charge in [0.1, 0.15) is 29.7 Å². The van der Waals surface area contributed by atoms with Gasteiger partial charge in [0, 0.05) is 12.4 Å². The van der Waals surface area contributed by atoms with Gasteiger partial charge < -0.3 is 14.6 Å². The van der Waals surface area contributed by atoms with E-state index in [2.05, 4.69) is 4.98 Å². The third-order valence-electron chi connectivity index (χ3n) is 5.27. The SMILES string of the molecule is CS(=O)(=O)n1ccnc1C(CC(=O)O)c1ccc(OCc2ccc(Oc3ccccc3)cc2)cc1. The van der Waals surface area contributed by atoms with E-state index < -0.39 is 21.9 Å². The Kier molecular flexibility index (Phi) is 7.17. The lowest BCUT2D eigenvalue weighted by Crippen LogP contribution is -2.18. The molecule has 0 aliphatic rings. The molecule has 0 aliphatic heterocycles. The van der Waals surface area contributed by atoms with Gasteiger partial charge in [-0.15, -0.1) is 0 Å². The highest BCUT2D eigenvalue weighted by Crippen LogP contribution is 2.29. The predicted molar refractivity (Wildman–Crippen MR) is 130 cm³/mol. The summed E-state index contributed by atoms with van der Waals surface area (Å²) in [5.41, 5.74) is 1.58. The highest BCUT2D eigenvalue weighted by molar-refractivity contribution is 7.89. The monoisotopic (exact) mass is 492 g/mol. The summed E-state index contributed by atoms with van der Waals surface area (Å²) in [6.45, 7) is 0.335. The van der Waals surface area contributed by atoms with Crippen LogP contribution in [0.3, 0.4) is 0 Å². The van der Waals surface area contributed by atoms with Gasteiger partial charge in [-0.25, -0.2) is 17.4 Å². The molecule has 1 heterocycles. The van der Waals surface area contributed by atoms with Crippen LogP contribution in [0, 0.1) is 0 Å². The molecule has 8 nitrogen and oxygen atoms in total. The van der Waals surface area contributed by atoms with Crippen molar-refractivity contribution in [3.05, 3.63) is 108 Å². The van der Waals surface area contributed by atoms with Crippen LogP contribution < -0.4 is 9.47 Å². The van der Waals surface area contributed by atoms with Crippen molar-refractivity contribution in [1.82, 2.24) is 8.96 Å². The summed E-state index contributed by atoms with van der Waals surface area (Å²) in [7, 11) is -3.62. The zero-order chi connectivity index (χ0) is 24.8. The largest absolute Gasteiger partial charge is 0.489 e. The molecule has 0 fully saturated rings. The van der Waals surface area contributed by atoms with Crippen LogP contribution in [0.4, 0.5) is 0 Å². The molecule has 0 saturated heterocycles. The maximum atomic E-state index is 12.1. The number of benzene rings is 3. The molecule has 0 bridgehead atoms. The molecule has 0 aliphatic carbocycles. The van der Waals surface area contributed by atoms with Crippen LogP contribution in [0.1, 0.15) is 29.3 Å². The Morgan fingerprint density at radius 2 is 1.57 bits per heavy atom. The Morgan fingerprint density at radius 1 is 0.943 bits per heavy atom. The second-order valence-electron chi connectivity index (χ2n) is 7.91. The highest BCUT2D eigenvalue weighted by Gasteiger charge is 2.25. The van der Waals surface area contributed by atoms with Crippen LogP contribution in [-0.4, -0.2) is 34.7 Å². The van der Waals surface area contributed by atoms with E-state index >= 15 is 0 Å². The minimum absolute atomic E-state index is 0.154. The fourth-order valence-electron chi connectivity index (χ4n) is 3.60. The number of rotatable bonds is 10. The van der Waals surface area contributed by atoms with Gasteiger partial charge in [0.15, 0.2) is 0 Å². The van der Waals surface area contributed by atoms with Crippen molar-refractivity contribution in [1.29, 1.82) is 0 Å². The van der Waals surface area contributed by atoms with Crippen molar-refractivity contribution >= 4 is 16.0 Å². The smallest absolute Gasteiger partial charge is 0.304 e. The number of aromatic nitrogens is 2. The number of aliphatic carboxylic acids is 1. The summed E-state index contributed by atoms with van der Waals surface area (Å²) in [6.07, 6.45) is 3.41. The highest BCUT2D eigenvalue weighted by atomic mass is 32.2. The normalized spacial score (nSPS) is 12.1. The van der Waals surface area contributed by atoms with E-state index in [-0.39, 0.29) is 12.2 Å². The number of carboxylic acids is 1. The molecule has 0 radical (unpaired) electrons. The number of nitrogens with zero attached hydrogens (tertiary/aromatic N) is 2. The van der Waals surface area contributed by atoms with Gasteiger partial charge >= 0.3 is 5.97 Å². The van der Waals surface area contributed by atoms with Crippen LogP contribution in [0.15, 0.2) is 91.3 Å². The van der Waals surface area contributed by atoms with E-state index in [0.717, 1.165) is 27.3 Å². The Balaban J connectivity index is 1.43. The third kappa shape index (κ3) is 6.27. The first kappa shape index (κ1) is 24.0. The molecule has 1 N–H and O–H groups in total. The lowest BCUT2D eigenvalue weighted by molar-refractivity contribution is -0.137. The molecule has 1 atom stereocenters. The zero-order valence-corrected chi connectivity index (χ0v) is 19.8. The van der Waals surface area contributed by atoms with Crippen molar-refractivity contribution < 1.29 is 27.8 Å². The van der Waals surface area contributed by atoms with Crippen LogP contribution >= 0.6 is 0 Å². The number of imidazole rings is 1. The molecule has 4 rings (SSSR count). The number of para-hydroxylation sites is 1. The first-order chi connectivity index (χ1) is 16.8. The van der Waals surface area contributed by atoms with E-state index in [1.54, 1.807) is 24.3 Å². The van der Waals surface area contributed by atoms with E-state index in [1.807, 2.05) is 54.6 Å². The van der Waals surface area contributed by atoms with E-state index in [1.165, 1.54) is 12.4 Å². The summed E-state index contributed by atoms with van der Waals surface area (Å²) in [5, 5.41) is 9.38. The minimum Gasteiger partial charge on any atom is -0.489 e. The molecular formula is C26H24N2O6S. The molecule has 35 heavy (non-hydrogen) atoms. The molecule has 0 saturated carbocycles. The van der Waals surface area contributed by atoms with Gasteiger partial charge in [-0.2, -0.15) is 0 Å². The van der Waals surface area contributed by atoms with Gasteiger partial charge in [-0.3, -0.25) is 4.79 Å². The quantitative estimate of drug-likeness (QED) is 0.343. The second kappa shape index (κ2) is 10.4. The van der Waals surface area contributed by atoms with E-state index in [9.17, 15) is 18.3 Å². The fourth-order valence-corrected chi connectivity index (χ4v) is 4.39. The lowest BCUT2D eigenvalue weighted by atomic mass is 9.95. The summed E-state index contributed by atoms with van der Waals surface area (Å²) in [5.74, 6) is 0.444. The summed E-state index contributed by atoms with van der Waals surface area (Å²) in [6, 6.07) is 24.0. The number of hydrogen-bond donors (Lipinski definition) is 1. The summed E-state index contributed by atoms with van der Waals surface area (Å²) in [4.78, 5) is 15.6. The van der Waals surface area contributed by atoms with Crippen LogP contribution in [0.5, 0.6) is 17.2 Å². The van der Waals surface area contributed by atoms with Gasteiger partial charge in [-0.1, -0.05) is 42.5 Å². The predicted octanol–water partition coefficient (Wildman–Crippen LogP) is 4.67. The van der Waals surface area contributed by atoms with E-state index in [0.29, 0.717) is 17.9 Å². The Morgan fingerprint density at radius 3 is 2.20 bits per heavy atom. The molecule has 0 amide bonds. The number of carboxylic acid groups (broad SMARTS) is 1. The number of carbonyl (C=O) groups is 1. The molecule has 3 aromatic carbocycles. The average molecular weight is 493 g/mol. The fraction of sp³-hybridized carbons (Fsp3) is 0.154. The van der Waals surface area contributed by atoms with Crippen molar-refractivity contribution in [2.45, 2.75) is 18.9 Å². The van der Waals surface area contributed by atoms with Crippen LogP contribution in [-0.2, 0) is 21.4 Å². The van der Waals surface area contributed by atoms with Crippen molar-refractivity contribution in [2.75, 3.05) is 6.26 Å². The minimum atomic E-state index is -3.62. The Hall–Kier alpha value is -4.11. The van der Waals surface area contributed by atoms with Gasteiger partial charge in [0.05, 0.1) is 18.6 Å². The summed E-state index contributed by atoms with van der Waals surface area (Å²) >= 11 is 0. The summed E-state index contributed by atoms with van der Waals surface area (Å²) < 4.78 is 36.8. The maximum Gasteiger partial charge on any atom is 0.304 e. The van der Waals surface area contributed by atoms with Crippen molar-refractivity contribution in [2.24, 2.45) is 0 Å². The molecule has 180 valence electrons. The second-order valence-corrected chi connectivity index (χ2v) is 9.77. The average Bonchev–Trinajstić information content (AvgIpc) is 3.34. The Labute approximate surface area is 203 Å². The number of hydrogen-bond acceptors (Lipinski definition) is 6. The third-order valence-corrected chi connectivity index (χ3v) is 6.30. The van der Waals surface area contributed by atoms with Crippen molar-refractivity contribution in [3.63, 3.8) is 0 Å². The lowest BCUT2D eigenvalue weighted by Gasteiger charge is -2.17. The molecular weight excluding hydrogens is 468 g/mol. The molecule has 1 unspecified atom stereocenters. The van der Waals surface area contributed by atoms with E-state index in [4.69, 9.17) is 9.47 Å².